The standard InChI is InChI=1S/C14H22N2O2/c1-4-8-16-9-12-7-5-6-10(2)13(12)18-11(3)14(15)17/h5-7,11,16H,4,8-9H2,1-3H3,(H2,15,17). The van der Waals surface area contributed by atoms with E-state index in [0.717, 1.165) is 36.4 Å². The van der Waals surface area contributed by atoms with E-state index in [1.165, 1.54) is 0 Å². The predicted molar refractivity (Wildman–Crippen MR) is 72.5 cm³/mol. The average Bonchev–Trinajstić information content (AvgIpc) is 2.33. The number of ether oxygens (including phenoxy) is 1. The monoisotopic (exact) mass is 250 g/mol. The summed E-state index contributed by atoms with van der Waals surface area (Å²) in [6, 6.07) is 5.95. The second-order valence-electron chi connectivity index (χ2n) is 4.40. The van der Waals surface area contributed by atoms with Gasteiger partial charge in [-0.2, -0.15) is 0 Å². The van der Waals surface area contributed by atoms with Gasteiger partial charge in [-0.15, -0.1) is 0 Å². The van der Waals surface area contributed by atoms with Gasteiger partial charge >= 0.3 is 0 Å². The van der Waals surface area contributed by atoms with Gasteiger partial charge in [0.15, 0.2) is 6.10 Å². The van der Waals surface area contributed by atoms with Gasteiger partial charge < -0.3 is 15.8 Å². The lowest BCUT2D eigenvalue weighted by molar-refractivity contribution is -0.124. The number of benzene rings is 1. The van der Waals surface area contributed by atoms with Crippen molar-refractivity contribution >= 4 is 5.91 Å². The second kappa shape index (κ2) is 7.01. The molecule has 0 aromatic heterocycles. The zero-order valence-electron chi connectivity index (χ0n) is 11.3. The van der Waals surface area contributed by atoms with Crippen LogP contribution in [0.2, 0.25) is 0 Å². The molecule has 3 N–H and O–H groups in total. The topological polar surface area (TPSA) is 64.3 Å². The first kappa shape index (κ1) is 14.5. The third kappa shape index (κ3) is 4.04. The van der Waals surface area contributed by atoms with Crippen LogP contribution >= 0.6 is 0 Å². The Kier molecular flexibility index (Phi) is 5.65. The molecule has 0 saturated heterocycles. The SMILES string of the molecule is CCCNCc1cccc(C)c1OC(C)C(N)=O. The van der Waals surface area contributed by atoms with Crippen molar-refractivity contribution in [3.63, 3.8) is 0 Å². The van der Waals surface area contributed by atoms with E-state index in [4.69, 9.17) is 10.5 Å². The van der Waals surface area contributed by atoms with E-state index in [1.807, 2.05) is 25.1 Å². The number of rotatable bonds is 7. The van der Waals surface area contributed by atoms with Crippen LogP contribution in [0, 0.1) is 6.92 Å². The Morgan fingerprint density at radius 2 is 2.22 bits per heavy atom. The van der Waals surface area contributed by atoms with Crippen LogP contribution in [0.15, 0.2) is 18.2 Å². The molecule has 0 aliphatic heterocycles. The van der Waals surface area contributed by atoms with E-state index in [-0.39, 0.29) is 0 Å². The molecule has 0 heterocycles. The van der Waals surface area contributed by atoms with Crippen LogP contribution < -0.4 is 15.8 Å². The maximum absolute atomic E-state index is 11.1. The smallest absolute Gasteiger partial charge is 0.258 e. The molecule has 1 atom stereocenters. The van der Waals surface area contributed by atoms with Crippen molar-refractivity contribution in [1.29, 1.82) is 0 Å². The summed E-state index contributed by atoms with van der Waals surface area (Å²) in [7, 11) is 0. The maximum Gasteiger partial charge on any atom is 0.258 e. The van der Waals surface area contributed by atoms with E-state index < -0.39 is 12.0 Å². The molecule has 0 spiro atoms. The van der Waals surface area contributed by atoms with Crippen molar-refractivity contribution in [2.24, 2.45) is 5.73 Å². The third-order valence-electron chi connectivity index (χ3n) is 2.73. The van der Waals surface area contributed by atoms with Crippen molar-refractivity contribution < 1.29 is 9.53 Å². The Hall–Kier alpha value is -1.55. The summed E-state index contributed by atoms with van der Waals surface area (Å²) in [5.74, 6) is 0.304. The van der Waals surface area contributed by atoms with Gasteiger partial charge in [0.2, 0.25) is 0 Å². The number of nitrogens with one attached hydrogen (secondary N) is 1. The Morgan fingerprint density at radius 3 is 2.83 bits per heavy atom. The molecule has 18 heavy (non-hydrogen) atoms. The molecule has 4 nitrogen and oxygen atoms in total. The fourth-order valence-corrected chi connectivity index (χ4v) is 1.66. The van der Waals surface area contributed by atoms with E-state index in [9.17, 15) is 4.79 Å². The highest BCUT2D eigenvalue weighted by Gasteiger charge is 2.14. The van der Waals surface area contributed by atoms with Gasteiger partial charge in [0, 0.05) is 12.1 Å². The number of carbonyl (C=O) groups is 1. The summed E-state index contributed by atoms with van der Waals surface area (Å²) >= 11 is 0. The molecule has 1 aromatic rings. The first-order valence-electron chi connectivity index (χ1n) is 6.31. The van der Waals surface area contributed by atoms with Crippen LogP contribution in [0.4, 0.5) is 0 Å². The zero-order chi connectivity index (χ0) is 13.5. The average molecular weight is 250 g/mol. The van der Waals surface area contributed by atoms with E-state index in [2.05, 4.69) is 12.2 Å². The van der Waals surface area contributed by atoms with Crippen molar-refractivity contribution in [3.05, 3.63) is 29.3 Å². The van der Waals surface area contributed by atoms with Gasteiger partial charge in [0.1, 0.15) is 5.75 Å². The Balaban J connectivity index is 2.83. The molecule has 1 unspecified atom stereocenters. The highest BCUT2D eigenvalue weighted by atomic mass is 16.5. The molecular weight excluding hydrogens is 228 g/mol. The second-order valence-corrected chi connectivity index (χ2v) is 4.40. The molecule has 4 heteroatoms. The first-order valence-corrected chi connectivity index (χ1v) is 6.31. The van der Waals surface area contributed by atoms with Gasteiger partial charge in [-0.3, -0.25) is 4.79 Å². The summed E-state index contributed by atoms with van der Waals surface area (Å²) in [5.41, 5.74) is 7.29. The van der Waals surface area contributed by atoms with Crippen molar-refractivity contribution in [2.45, 2.75) is 39.8 Å². The van der Waals surface area contributed by atoms with Crippen molar-refractivity contribution in [3.8, 4) is 5.75 Å². The molecule has 0 aliphatic rings. The third-order valence-corrected chi connectivity index (χ3v) is 2.73. The minimum atomic E-state index is -0.615. The molecule has 1 amide bonds. The lowest BCUT2D eigenvalue weighted by Gasteiger charge is -2.17. The first-order chi connectivity index (χ1) is 8.56. The Bertz CT molecular complexity index is 405. The number of primary amides is 1. The molecule has 1 aromatic carbocycles. The van der Waals surface area contributed by atoms with Crippen LogP contribution in [0.5, 0.6) is 5.75 Å². The molecular formula is C14H22N2O2. The largest absolute Gasteiger partial charge is 0.480 e. The fraction of sp³-hybridized carbons (Fsp3) is 0.500. The van der Waals surface area contributed by atoms with Crippen LogP contribution in [-0.4, -0.2) is 18.6 Å². The normalized spacial score (nSPS) is 12.2. The minimum Gasteiger partial charge on any atom is -0.480 e. The van der Waals surface area contributed by atoms with Crippen LogP contribution in [0.1, 0.15) is 31.4 Å². The lowest BCUT2D eigenvalue weighted by atomic mass is 10.1. The number of carbonyl (C=O) groups excluding carboxylic acids is 1. The summed E-state index contributed by atoms with van der Waals surface area (Å²) < 4.78 is 5.65. The highest BCUT2D eigenvalue weighted by molar-refractivity contribution is 5.78. The number of hydrogen-bond acceptors (Lipinski definition) is 3. The zero-order valence-corrected chi connectivity index (χ0v) is 11.3. The number of amides is 1. The number of aryl methyl sites for hydroxylation is 1. The molecule has 100 valence electrons. The summed E-state index contributed by atoms with van der Waals surface area (Å²) in [6.07, 6.45) is 0.468. The van der Waals surface area contributed by atoms with Crippen molar-refractivity contribution in [2.75, 3.05) is 6.54 Å². The Morgan fingerprint density at radius 1 is 1.50 bits per heavy atom. The number of para-hydroxylation sites is 1. The molecule has 0 fully saturated rings. The maximum atomic E-state index is 11.1. The summed E-state index contributed by atoms with van der Waals surface area (Å²) in [5, 5.41) is 3.33. The van der Waals surface area contributed by atoms with Gasteiger partial charge in [0.25, 0.3) is 5.91 Å². The van der Waals surface area contributed by atoms with E-state index >= 15 is 0 Å². The van der Waals surface area contributed by atoms with Crippen LogP contribution in [0.3, 0.4) is 0 Å². The minimum absolute atomic E-state index is 0.453. The summed E-state index contributed by atoms with van der Waals surface area (Å²) in [4.78, 5) is 11.1. The van der Waals surface area contributed by atoms with E-state index in [1.54, 1.807) is 6.92 Å². The van der Waals surface area contributed by atoms with E-state index in [0.29, 0.717) is 0 Å². The van der Waals surface area contributed by atoms with Crippen LogP contribution in [-0.2, 0) is 11.3 Å². The fourth-order valence-electron chi connectivity index (χ4n) is 1.66. The Labute approximate surface area is 109 Å². The van der Waals surface area contributed by atoms with Crippen LogP contribution in [0.25, 0.3) is 0 Å². The number of hydrogen-bond donors (Lipinski definition) is 2. The molecule has 0 aliphatic carbocycles. The lowest BCUT2D eigenvalue weighted by Crippen LogP contribution is -2.31. The molecule has 0 bridgehead atoms. The van der Waals surface area contributed by atoms with Gasteiger partial charge in [-0.25, -0.2) is 0 Å². The van der Waals surface area contributed by atoms with Gasteiger partial charge in [-0.1, -0.05) is 25.1 Å². The molecule has 0 radical (unpaired) electrons. The predicted octanol–water partition coefficient (Wildman–Crippen LogP) is 1.75. The van der Waals surface area contributed by atoms with Gasteiger partial charge in [0.05, 0.1) is 0 Å². The highest BCUT2D eigenvalue weighted by Crippen LogP contribution is 2.24. The molecule has 1 rings (SSSR count). The molecule has 0 saturated carbocycles. The van der Waals surface area contributed by atoms with Crippen molar-refractivity contribution in [1.82, 2.24) is 5.32 Å². The van der Waals surface area contributed by atoms with Gasteiger partial charge in [-0.05, 0) is 32.4 Å². The quantitative estimate of drug-likeness (QED) is 0.725. The summed E-state index contributed by atoms with van der Waals surface area (Å²) in [6.45, 7) is 7.44. The number of nitrogens with two attached hydrogens (primary N) is 1.